The lowest BCUT2D eigenvalue weighted by molar-refractivity contribution is 0.393. The van der Waals surface area contributed by atoms with Crippen molar-refractivity contribution in [2.24, 2.45) is 0 Å². The zero-order valence-corrected chi connectivity index (χ0v) is 11.3. The third-order valence-corrected chi connectivity index (χ3v) is 3.09. The summed E-state index contributed by atoms with van der Waals surface area (Å²) in [6.45, 7) is 0.542. The fraction of sp³-hybridized carbons (Fsp3) is 0.154. The molecule has 0 aliphatic rings. The number of halogens is 2. The Morgan fingerprint density at radius 1 is 1.17 bits per heavy atom. The van der Waals surface area contributed by atoms with Crippen molar-refractivity contribution in [1.29, 1.82) is 0 Å². The van der Waals surface area contributed by atoms with E-state index >= 15 is 0 Å². The van der Waals surface area contributed by atoms with Crippen LogP contribution >= 0.6 is 23.2 Å². The van der Waals surface area contributed by atoms with Gasteiger partial charge in [-0.1, -0.05) is 35.3 Å². The highest BCUT2D eigenvalue weighted by Gasteiger charge is 2.07. The van der Waals surface area contributed by atoms with E-state index in [2.05, 4.69) is 10.3 Å². The Labute approximate surface area is 116 Å². The minimum Gasteiger partial charge on any atom is -0.481 e. The van der Waals surface area contributed by atoms with Crippen molar-refractivity contribution in [2.75, 3.05) is 12.4 Å². The Morgan fingerprint density at radius 2 is 1.89 bits per heavy atom. The Bertz CT molecular complexity index is 526. The normalized spacial score (nSPS) is 10.2. The van der Waals surface area contributed by atoms with Crippen LogP contribution in [0.3, 0.4) is 0 Å². The van der Waals surface area contributed by atoms with Crippen molar-refractivity contribution in [3.8, 4) is 5.88 Å². The smallest absolute Gasteiger partial charge is 0.218 e. The molecule has 1 heterocycles. The van der Waals surface area contributed by atoms with Gasteiger partial charge in [-0.05, 0) is 18.2 Å². The zero-order valence-electron chi connectivity index (χ0n) is 9.78. The van der Waals surface area contributed by atoms with Gasteiger partial charge in [-0.2, -0.15) is 0 Å². The van der Waals surface area contributed by atoms with Gasteiger partial charge in [0.1, 0.15) is 0 Å². The quantitative estimate of drug-likeness (QED) is 0.920. The molecule has 0 amide bonds. The van der Waals surface area contributed by atoms with Gasteiger partial charge in [0.15, 0.2) is 0 Å². The van der Waals surface area contributed by atoms with Gasteiger partial charge in [0.2, 0.25) is 5.88 Å². The second-order valence-corrected chi connectivity index (χ2v) is 4.44. The summed E-state index contributed by atoms with van der Waals surface area (Å²) in [5.74, 6) is 0.591. The SMILES string of the molecule is COc1ncccc1CNc1c(Cl)cccc1Cl. The topological polar surface area (TPSA) is 34.1 Å². The van der Waals surface area contributed by atoms with Crippen molar-refractivity contribution >= 4 is 28.9 Å². The van der Waals surface area contributed by atoms with E-state index in [0.29, 0.717) is 28.2 Å². The molecule has 1 aromatic heterocycles. The summed E-state index contributed by atoms with van der Waals surface area (Å²) >= 11 is 12.2. The van der Waals surface area contributed by atoms with Crippen molar-refractivity contribution in [2.45, 2.75) is 6.54 Å². The number of anilines is 1. The van der Waals surface area contributed by atoms with E-state index in [9.17, 15) is 0 Å². The predicted molar refractivity (Wildman–Crippen MR) is 74.6 cm³/mol. The van der Waals surface area contributed by atoms with Gasteiger partial charge in [-0.15, -0.1) is 0 Å². The van der Waals surface area contributed by atoms with Crippen molar-refractivity contribution in [1.82, 2.24) is 4.98 Å². The van der Waals surface area contributed by atoms with Gasteiger partial charge < -0.3 is 10.1 Å². The average Bonchev–Trinajstić information content (AvgIpc) is 2.38. The minimum absolute atomic E-state index is 0.542. The van der Waals surface area contributed by atoms with Crippen LogP contribution in [-0.2, 0) is 6.54 Å². The van der Waals surface area contributed by atoms with Gasteiger partial charge in [0, 0.05) is 18.3 Å². The number of nitrogens with one attached hydrogen (secondary N) is 1. The molecule has 0 unspecified atom stereocenters. The second kappa shape index (κ2) is 5.94. The summed E-state index contributed by atoms with van der Waals surface area (Å²) in [4.78, 5) is 4.13. The molecule has 0 spiro atoms. The van der Waals surface area contributed by atoms with Crippen LogP contribution in [0, 0.1) is 0 Å². The number of hydrogen-bond acceptors (Lipinski definition) is 3. The molecule has 0 fully saturated rings. The maximum Gasteiger partial charge on any atom is 0.218 e. The molecule has 94 valence electrons. The van der Waals surface area contributed by atoms with Crippen LogP contribution in [0.4, 0.5) is 5.69 Å². The molecule has 0 saturated carbocycles. The van der Waals surface area contributed by atoms with Crippen LogP contribution in [0.15, 0.2) is 36.5 Å². The Hall–Kier alpha value is -1.45. The monoisotopic (exact) mass is 282 g/mol. The number of methoxy groups -OCH3 is 1. The second-order valence-electron chi connectivity index (χ2n) is 3.62. The van der Waals surface area contributed by atoms with E-state index in [0.717, 1.165) is 5.56 Å². The summed E-state index contributed by atoms with van der Waals surface area (Å²) < 4.78 is 5.18. The number of benzene rings is 1. The van der Waals surface area contributed by atoms with E-state index in [1.807, 2.05) is 12.1 Å². The number of rotatable bonds is 4. The molecule has 0 saturated heterocycles. The molecule has 0 bridgehead atoms. The Balaban J connectivity index is 2.16. The summed E-state index contributed by atoms with van der Waals surface area (Å²) in [6.07, 6.45) is 1.69. The van der Waals surface area contributed by atoms with Crippen molar-refractivity contribution in [3.05, 3.63) is 52.1 Å². The van der Waals surface area contributed by atoms with Crippen LogP contribution in [0.5, 0.6) is 5.88 Å². The van der Waals surface area contributed by atoms with Gasteiger partial charge in [0.25, 0.3) is 0 Å². The van der Waals surface area contributed by atoms with E-state index in [4.69, 9.17) is 27.9 Å². The van der Waals surface area contributed by atoms with E-state index in [-0.39, 0.29) is 0 Å². The van der Waals surface area contributed by atoms with Crippen LogP contribution in [0.1, 0.15) is 5.56 Å². The van der Waals surface area contributed by atoms with Gasteiger partial charge >= 0.3 is 0 Å². The molecule has 1 aromatic carbocycles. The van der Waals surface area contributed by atoms with E-state index in [1.165, 1.54) is 0 Å². The Morgan fingerprint density at radius 3 is 2.56 bits per heavy atom. The number of nitrogens with zero attached hydrogens (tertiary/aromatic N) is 1. The van der Waals surface area contributed by atoms with Gasteiger partial charge in [0.05, 0.1) is 22.8 Å². The third-order valence-electron chi connectivity index (χ3n) is 2.46. The molecule has 2 rings (SSSR count). The molecule has 0 radical (unpaired) electrons. The predicted octanol–water partition coefficient (Wildman–Crippen LogP) is 4.01. The first-order valence-corrected chi connectivity index (χ1v) is 6.13. The first-order chi connectivity index (χ1) is 8.72. The zero-order chi connectivity index (χ0) is 13.0. The van der Waals surface area contributed by atoms with Gasteiger partial charge in [-0.3, -0.25) is 0 Å². The number of aromatic nitrogens is 1. The summed E-state index contributed by atoms with van der Waals surface area (Å²) in [7, 11) is 1.59. The molecule has 2 aromatic rings. The Kier molecular flexibility index (Phi) is 4.28. The summed E-state index contributed by atoms with van der Waals surface area (Å²) in [6, 6.07) is 9.17. The number of hydrogen-bond donors (Lipinski definition) is 1. The average molecular weight is 283 g/mol. The number of ether oxygens (including phenoxy) is 1. The largest absolute Gasteiger partial charge is 0.481 e. The molecule has 0 atom stereocenters. The molecular weight excluding hydrogens is 271 g/mol. The lowest BCUT2D eigenvalue weighted by Crippen LogP contribution is -2.03. The number of para-hydroxylation sites is 1. The first kappa shape index (κ1) is 13.0. The molecular formula is C13H12Cl2N2O. The van der Waals surface area contributed by atoms with Gasteiger partial charge in [-0.25, -0.2) is 4.98 Å². The first-order valence-electron chi connectivity index (χ1n) is 5.38. The van der Waals surface area contributed by atoms with Crippen LogP contribution in [0.2, 0.25) is 10.0 Å². The molecule has 0 aliphatic heterocycles. The fourth-order valence-electron chi connectivity index (χ4n) is 1.59. The van der Waals surface area contributed by atoms with Crippen molar-refractivity contribution in [3.63, 3.8) is 0 Å². The molecule has 18 heavy (non-hydrogen) atoms. The lowest BCUT2D eigenvalue weighted by Gasteiger charge is -2.11. The summed E-state index contributed by atoms with van der Waals surface area (Å²) in [5, 5.41) is 4.36. The highest BCUT2D eigenvalue weighted by atomic mass is 35.5. The van der Waals surface area contributed by atoms with Crippen LogP contribution in [0.25, 0.3) is 0 Å². The standard InChI is InChI=1S/C13H12Cl2N2O/c1-18-13-9(4-3-7-16-13)8-17-12-10(14)5-2-6-11(12)15/h2-7,17H,8H2,1H3. The third kappa shape index (κ3) is 2.86. The van der Waals surface area contributed by atoms with Crippen molar-refractivity contribution < 1.29 is 4.74 Å². The molecule has 3 nitrogen and oxygen atoms in total. The van der Waals surface area contributed by atoms with E-state index < -0.39 is 0 Å². The molecule has 0 aliphatic carbocycles. The summed E-state index contributed by atoms with van der Waals surface area (Å²) in [5.41, 5.74) is 1.66. The maximum absolute atomic E-state index is 6.08. The van der Waals surface area contributed by atoms with Crippen LogP contribution < -0.4 is 10.1 Å². The highest BCUT2D eigenvalue weighted by Crippen LogP contribution is 2.30. The van der Waals surface area contributed by atoms with E-state index in [1.54, 1.807) is 31.5 Å². The maximum atomic E-state index is 6.08. The highest BCUT2D eigenvalue weighted by molar-refractivity contribution is 6.39. The fourth-order valence-corrected chi connectivity index (χ4v) is 2.12. The molecule has 1 N–H and O–H groups in total. The van der Waals surface area contributed by atoms with Crippen LogP contribution in [-0.4, -0.2) is 12.1 Å². The number of pyridine rings is 1. The lowest BCUT2D eigenvalue weighted by atomic mass is 10.2. The minimum atomic E-state index is 0.542. The molecule has 5 heteroatoms.